The number of likely N-dealkylation sites (N-methyl/N-ethyl adjacent to an activating group) is 2. The zero-order valence-corrected chi connectivity index (χ0v) is 14.3. The van der Waals surface area contributed by atoms with Crippen molar-refractivity contribution in [1.82, 2.24) is 9.80 Å². The van der Waals surface area contributed by atoms with Crippen molar-refractivity contribution in [3.8, 4) is 0 Å². The van der Waals surface area contributed by atoms with Crippen molar-refractivity contribution in [3.05, 3.63) is 71.8 Å². The van der Waals surface area contributed by atoms with Crippen molar-refractivity contribution < 1.29 is 4.79 Å². The maximum atomic E-state index is 13.2. The number of hydrogen-bond acceptors (Lipinski definition) is 2. The Morgan fingerprint density at radius 2 is 1.35 bits per heavy atom. The van der Waals surface area contributed by atoms with Crippen LogP contribution in [0.4, 0.5) is 0 Å². The van der Waals surface area contributed by atoms with Crippen LogP contribution >= 0.6 is 0 Å². The molecule has 0 aliphatic rings. The van der Waals surface area contributed by atoms with Crippen molar-refractivity contribution in [1.29, 1.82) is 0 Å². The smallest absolute Gasteiger partial charge is 0.234 e. The highest BCUT2D eigenvalue weighted by molar-refractivity contribution is 5.87. The van der Waals surface area contributed by atoms with Gasteiger partial charge in [-0.2, -0.15) is 0 Å². The number of amides is 1. The van der Waals surface area contributed by atoms with Crippen LogP contribution in [0.1, 0.15) is 24.0 Å². The maximum absolute atomic E-state index is 13.2. The number of benzene rings is 2. The lowest BCUT2D eigenvalue weighted by Gasteiger charge is -2.28. The van der Waals surface area contributed by atoms with Gasteiger partial charge in [-0.15, -0.1) is 0 Å². The third-order valence-electron chi connectivity index (χ3n) is 4.02. The summed E-state index contributed by atoms with van der Waals surface area (Å²) in [5, 5.41) is 0. The Balaban J connectivity index is 2.31. The topological polar surface area (TPSA) is 23.6 Å². The van der Waals surface area contributed by atoms with Gasteiger partial charge in [0.15, 0.2) is 0 Å². The van der Waals surface area contributed by atoms with Crippen LogP contribution in [0.3, 0.4) is 0 Å². The van der Waals surface area contributed by atoms with Gasteiger partial charge >= 0.3 is 0 Å². The van der Waals surface area contributed by atoms with Gasteiger partial charge in [-0.3, -0.25) is 4.79 Å². The molecule has 0 saturated carbocycles. The van der Waals surface area contributed by atoms with Crippen molar-refractivity contribution in [2.75, 3.05) is 33.7 Å². The second-order valence-electron chi connectivity index (χ2n) is 5.98. The minimum absolute atomic E-state index is 0.173. The van der Waals surface area contributed by atoms with E-state index in [1.165, 1.54) is 0 Å². The van der Waals surface area contributed by atoms with E-state index in [-0.39, 0.29) is 11.8 Å². The SMILES string of the molecule is CCN(CCN(C)C)C(=O)C(c1ccccc1)c1ccccc1. The summed E-state index contributed by atoms with van der Waals surface area (Å²) in [5.74, 6) is -0.0636. The summed E-state index contributed by atoms with van der Waals surface area (Å²) in [6, 6.07) is 20.1. The molecule has 0 spiro atoms. The summed E-state index contributed by atoms with van der Waals surface area (Å²) in [7, 11) is 4.06. The first-order valence-corrected chi connectivity index (χ1v) is 8.17. The zero-order valence-electron chi connectivity index (χ0n) is 14.3. The summed E-state index contributed by atoms with van der Waals surface area (Å²) < 4.78 is 0. The second kappa shape index (κ2) is 8.49. The molecule has 0 saturated heterocycles. The third kappa shape index (κ3) is 4.67. The van der Waals surface area contributed by atoms with E-state index in [2.05, 4.69) is 4.90 Å². The fraction of sp³-hybridized carbons (Fsp3) is 0.350. The number of rotatable bonds is 7. The van der Waals surface area contributed by atoms with Gasteiger partial charge in [-0.1, -0.05) is 60.7 Å². The number of nitrogens with zero attached hydrogens (tertiary/aromatic N) is 2. The number of hydrogen-bond donors (Lipinski definition) is 0. The Hall–Kier alpha value is -2.13. The zero-order chi connectivity index (χ0) is 16.7. The van der Waals surface area contributed by atoms with E-state index in [0.29, 0.717) is 0 Å². The van der Waals surface area contributed by atoms with Crippen LogP contribution in [0.2, 0.25) is 0 Å². The molecule has 0 aliphatic heterocycles. The van der Waals surface area contributed by atoms with Crippen LogP contribution in [-0.2, 0) is 4.79 Å². The molecule has 0 atom stereocenters. The van der Waals surface area contributed by atoms with Crippen LogP contribution in [0.5, 0.6) is 0 Å². The van der Waals surface area contributed by atoms with Crippen molar-refractivity contribution >= 4 is 5.91 Å². The molecule has 1 amide bonds. The van der Waals surface area contributed by atoms with E-state index in [1.807, 2.05) is 86.6 Å². The Labute approximate surface area is 139 Å². The van der Waals surface area contributed by atoms with Crippen LogP contribution in [0, 0.1) is 0 Å². The first-order chi connectivity index (χ1) is 11.1. The van der Waals surface area contributed by atoms with Crippen LogP contribution in [0.25, 0.3) is 0 Å². The highest BCUT2D eigenvalue weighted by Gasteiger charge is 2.26. The highest BCUT2D eigenvalue weighted by Crippen LogP contribution is 2.26. The molecule has 2 aromatic carbocycles. The normalized spacial score (nSPS) is 11.0. The van der Waals surface area contributed by atoms with E-state index >= 15 is 0 Å². The van der Waals surface area contributed by atoms with E-state index < -0.39 is 0 Å². The first-order valence-electron chi connectivity index (χ1n) is 8.17. The molecule has 3 nitrogen and oxygen atoms in total. The predicted molar refractivity (Wildman–Crippen MR) is 95.5 cm³/mol. The molecular formula is C20H26N2O. The maximum Gasteiger partial charge on any atom is 0.234 e. The van der Waals surface area contributed by atoms with Crippen molar-refractivity contribution in [3.63, 3.8) is 0 Å². The van der Waals surface area contributed by atoms with Gasteiger partial charge < -0.3 is 9.80 Å². The summed E-state index contributed by atoms with van der Waals surface area (Å²) in [4.78, 5) is 17.3. The van der Waals surface area contributed by atoms with Gasteiger partial charge in [0, 0.05) is 19.6 Å². The summed E-state index contributed by atoms with van der Waals surface area (Å²) >= 11 is 0. The van der Waals surface area contributed by atoms with Crippen molar-refractivity contribution in [2.24, 2.45) is 0 Å². The molecule has 3 heteroatoms. The average Bonchev–Trinajstić information content (AvgIpc) is 2.57. The fourth-order valence-corrected chi connectivity index (χ4v) is 2.70. The Morgan fingerprint density at radius 1 is 0.870 bits per heavy atom. The molecule has 0 bridgehead atoms. The Kier molecular flexibility index (Phi) is 6.36. The second-order valence-corrected chi connectivity index (χ2v) is 5.98. The average molecular weight is 310 g/mol. The molecule has 122 valence electrons. The van der Waals surface area contributed by atoms with Gasteiger partial charge in [0.1, 0.15) is 0 Å². The summed E-state index contributed by atoms with van der Waals surface area (Å²) in [6.07, 6.45) is 0. The molecule has 0 N–H and O–H groups in total. The predicted octanol–water partition coefficient (Wildman–Crippen LogP) is 3.23. The molecule has 0 aromatic heterocycles. The minimum Gasteiger partial charge on any atom is -0.341 e. The molecular weight excluding hydrogens is 284 g/mol. The minimum atomic E-state index is -0.237. The molecule has 2 aromatic rings. The van der Waals surface area contributed by atoms with Gasteiger partial charge in [0.2, 0.25) is 5.91 Å². The Morgan fingerprint density at radius 3 is 1.74 bits per heavy atom. The number of carbonyl (C=O) groups excluding carboxylic acids is 1. The molecule has 0 fully saturated rings. The molecule has 0 unspecified atom stereocenters. The van der Waals surface area contributed by atoms with Crippen LogP contribution in [-0.4, -0.2) is 49.4 Å². The molecule has 23 heavy (non-hydrogen) atoms. The third-order valence-corrected chi connectivity index (χ3v) is 4.02. The Bertz CT molecular complexity index is 556. The van der Waals surface area contributed by atoms with Crippen LogP contribution in [0.15, 0.2) is 60.7 Å². The lowest BCUT2D eigenvalue weighted by atomic mass is 9.90. The summed E-state index contributed by atoms with van der Waals surface area (Å²) in [6.45, 7) is 4.39. The standard InChI is InChI=1S/C20H26N2O/c1-4-22(16-15-21(2)3)20(23)19(17-11-7-5-8-12-17)18-13-9-6-10-14-18/h5-14,19H,4,15-16H2,1-3H3. The lowest BCUT2D eigenvalue weighted by molar-refractivity contribution is -0.131. The van der Waals surface area contributed by atoms with Gasteiger partial charge in [-0.25, -0.2) is 0 Å². The monoisotopic (exact) mass is 310 g/mol. The van der Waals surface area contributed by atoms with Gasteiger partial charge in [-0.05, 0) is 32.1 Å². The molecule has 0 aliphatic carbocycles. The molecule has 0 heterocycles. The molecule has 0 radical (unpaired) electrons. The van der Waals surface area contributed by atoms with Crippen LogP contribution < -0.4 is 0 Å². The lowest BCUT2D eigenvalue weighted by Crippen LogP contribution is -2.39. The van der Waals surface area contributed by atoms with Crippen molar-refractivity contribution in [2.45, 2.75) is 12.8 Å². The largest absolute Gasteiger partial charge is 0.341 e. The van der Waals surface area contributed by atoms with E-state index in [4.69, 9.17) is 0 Å². The van der Waals surface area contributed by atoms with Gasteiger partial charge in [0.25, 0.3) is 0 Å². The quantitative estimate of drug-likeness (QED) is 0.784. The highest BCUT2D eigenvalue weighted by atomic mass is 16.2. The fourth-order valence-electron chi connectivity index (χ4n) is 2.70. The van der Waals surface area contributed by atoms with E-state index in [1.54, 1.807) is 0 Å². The summed E-state index contributed by atoms with van der Waals surface area (Å²) in [5.41, 5.74) is 2.10. The molecule has 2 rings (SSSR count). The first kappa shape index (κ1) is 17.2. The van der Waals surface area contributed by atoms with E-state index in [0.717, 1.165) is 30.8 Å². The van der Waals surface area contributed by atoms with Gasteiger partial charge in [0.05, 0.1) is 5.92 Å². The number of carbonyl (C=O) groups is 1. The van der Waals surface area contributed by atoms with E-state index in [9.17, 15) is 4.79 Å².